The van der Waals surface area contributed by atoms with Gasteiger partial charge in [0.2, 0.25) is 11.9 Å². The van der Waals surface area contributed by atoms with E-state index in [0.717, 1.165) is 62.0 Å². The maximum absolute atomic E-state index is 13.4. The van der Waals surface area contributed by atoms with Crippen molar-refractivity contribution in [3.63, 3.8) is 0 Å². The van der Waals surface area contributed by atoms with Crippen LogP contribution in [0.1, 0.15) is 49.7 Å². The minimum absolute atomic E-state index is 0.0626. The topological polar surface area (TPSA) is 141 Å². The number of ether oxygens (including phenoxy) is 2. The molecule has 2 saturated heterocycles. The van der Waals surface area contributed by atoms with Crippen LogP contribution in [0, 0.1) is 0 Å². The fourth-order valence-corrected chi connectivity index (χ4v) is 7.05. The van der Waals surface area contributed by atoms with Crippen molar-refractivity contribution in [2.24, 2.45) is 19.2 Å². The van der Waals surface area contributed by atoms with Gasteiger partial charge in [-0.25, -0.2) is 9.80 Å². The lowest BCUT2D eigenvalue weighted by Crippen LogP contribution is -2.37. The zero-order chi connectivity index (χ0) is 37.2. The highest BCUT2D eigenvalue weighted by Crippen LogP contribution is 2.34. The van der Waals surface area contributed by atoms with E-state index in [2.05, 4.69) is 19.9 Å². The molecule has 17 heteroatoms. The number of aromatic nitrogens is 7. The molecule has 3 aromatic heterocycles. The molecule has 2 aliphatic heterocycles. The SMILES string of the molecule is COc1cc(/C=N\N(C)c2nc(N3CCCCC3)nc(N3CCCCC3)n2)ccc1Oc1nc2c(c(=O)n(C)c(=O)n2C)n1Cc1ccc(Cl)cc1Cl. The van der Waals surface area contributed by atoms with Gasteiger partial charge in [0.05, 0.1) is 19.9 Å². The molecular weight excluding hydrogens is 721 g/mol. The van der Waals surface area contributed by atoms with Crippen molar-refractivity contribution in [3.05, 3.63) is 78.4 Å². The Kier molecular flexibility index (Phi) is 10.6. The molecule has 7 rings (SSSR count). The summed E-state index contributed by atoms with van der Waals surface area (Å²) in [7, 11) is 6.31. The Bertz CT molecular complexity index is 2260. The van der Waals surface area contributed by atoms with Crippen LogP contribution < -0.4 is 35.5 Å². The number of aryl methyl sites for hydroxylation is 1. The number of methoxy groups -OCH3 is 1. The summed E-state index contributed by atoms with van der Waals surface area (Å²) in [6.07, 6.45) is 8.57. The molecule has 0 saturated carbocycles. The highest BCUT2D eigenvalue weighted by Gasteiger charge is 2.24. The Morgan fingerprint density at radius 3 is 2.11 bits per heavy atom. The summed E-state index contributed by atoms with van der Waals surface area (Å²) >= 11 is 12.7. The smallest absolute Gasteiger partial charge is 0.332 e. The van der Waals surface area contributed by atoms with Crippen LogP contribution in [-0.4, -0.2) is 80.2 Å². The quantitative estimate of drug-likeness (QED) is 0.137. The molecule has 0 bridgehead atoms. The molecule has 5 aromatic rings. The first-order valence-electron chi connectivity index (χ1n) is 17.6. The predicted molar refractivity (Wildman–Crippen MR) is 207 cm³/mol. The number of fused-ring (bicyclic) bond motifs is 1. The van der Waals surface area contributed by atoms with Crippen LogP contribution in [0.3, 0.4) is 0 Å². The van der Waals surface area contributed by atoms with Gasteiger partial charge in [-0.3, -0.25) is 18.5 Å². The van der Waals surface area contributed by atoms with E-state index in [1.807, 2.05) is 13.1 Å². The predicted octanol–water partition coefficient (Wildman–Crippen LogP) is 5.23. The van der Waals surface area contributed by atoms with Gasteiger partial charge < -0.3 is 19.3 Å². The van der Waals surface area contributed by atoms with E-state index in [9.17, 15) is 9.59 Å². The summed E-state index contributed by atoms with van der Waals surface area (Å²) in [6, 6.07) is 10.5. The van der Waals surface area contributed by atoms with Crippen molar-refractivity contribution in [1.82, 2.24) is 33.6 Å². The van der Waals surface area contributed by atoms with Crippen molar-refractivity contribution in [3.8, 4) is 17.5 Å². The van der Waals surface area contributed by atoms with Crippen molar-refractivity contribution >= 4 is 58.4 Å². The lowest BCUT2D eigenvalue weighted by Gasteiger charge is -2.30. The van der Waals surface area contributed by atoms with E-state index < -0.39 is 11.2 Å². The number of hydrazone groups is 1. The maximum atomic E-state index is 13.4. The van der Waals surface area contributed by atoms with E-state index in [1.165, 1.54) is 31.6 Å². The molecule has 15 nitrogen and oxygen atoms in total. The molecule has 0 unspecified atom stereocenters. The number of nitrogens with zero attached hydrogens (tertiary/aromatic N) is 11. The Labute approximate surface area is 316 Å². The van der Waals surface area contributed by atoms with E-state index in [1.54, 1.807) is 53.2 Å². The van der Waals surface area contributed by atoms with E-state index >= 15 is 0 Å². The van der Waals surface area contributed by atoms with E-state index in [4.69, 9.17) is 47.6 Å². The third kappa shape index (κ3) is 7.53. The summed E-state index contributed by atoms with van der Waals surface area (Å²) in [6.45, 7) is 3.80. The van der Waals surface area contributed by atoms with Gasteiger partial charge in [0.1, 0.15) is 0 Å². The van der Waals surface area contributed by atoms with Gasteiger partial charge in [-0.05, 0) is 80.0 Å². The molecule has 5 heterocycles. The molecule has 0 radical (unpaired) electrons. The van der Waals surface area contributed by atoms with Gasteiger partial charge in [0.25, 0.3) is 11.5 Å². The van der Waals surface area contributed by atoms with Crippen LogP contribution in [0.5, 0.6) is 17.5 Å². The summed E-state index contributed by atoms with van der Waals surface area (Å²) in [5.41, 5.74) is 0.684. The van der Waals surface area contributed by atoms with E-state index in [-0.39, 0.29) is 23.7 Å². The Balaban J connectivity index is 1.19. The molecule has 0 amide bonds. The largest absolute Gasteiger partial charge is 0.493 e. The molecule has 278 valence electrons. The molecule has 0 atom stereocenters. The number of hydrogen-bond acceptors (Lipinski definition) is 12. The van der Waals surface area contributed by atoms with Crippen LogP contribution in [0.2, 0.25) is 10.0 Å². The van der Waals surface area contributed by atoms with Gasteiger partial charge in [-0.2, -0.15) is 25.0 Å². The lowest BCUT2D eigenvalue weighted by atomic mass is 10.1. The van der Waals surface area contributed by atoms with Crippen LogP contribution in [0.25, 0.3) is 11.2 Å². The number of anilines is 3. The molecule has 2 fully saturated rings. The highest BCUT2D eigenvalue weighted by molar-refractivity contribution is 6.35. The fourth-order valence-electron chi connectivity index (χ4n) is 6.58. The van der Waals surface area contributed by atoms with Gasteiger partial charge >= 0.3 is 11.7 Å². The van der Waals surface area contributed by atoms with Crippen LogP contribution in [0.4, 0.5) is 17.8 Å². The van der Waals surface area contributed by atoms with Crippen LogP contribution >= 0.6 is 23.2 Å². The number of halogens is 2. The highest BCUT2D eigenvalue weighted by atomic mass is 35.5. The maximum Gasteiger partial charge on any atom is 0.332 e. The van der Waals surface area contributed by atoms with Gasteiger partial charge in [-0.15, -0.1) is 0 Å². The minimum atomic E-state index is -0.526. The molecule has 0 N–H and O–H groups in total. The Hall–Kier alpha value is -5.15. The summed E-state index contributed by atoms with van der Waals surface area (Å²) in [4.78, 5) is 49.8. The number of benzene rings is 2. The standard InChI is InChI=1S/C36H41Cl2N11O4/c1-44-30-29(31(50)45(2)36(44)51)49(22-24-12-13-25(37)20-26(24)38)35(40-30)53-27-14-11-23(19-28(27)52-4)21-39-46(3)32-41-33(47-15-7-5-8-16-47)43-34(42-32)48-17-9-6-10-18-48/h11-14,19-21H,5-10,15-18,22H2,1-4H3/b39-21-. The Morgan fingerprint density at radius 1 is 0.830 bits per heavy atom. The number of imidazole rings is 1. The number of hydrogen-bond donors (Lipinski definition) is 0. The fraction of sp³-hybridized carbons (Fsp3) is 0.417. The zero-order valence-corrected chi connectivity index (χ0v) is 31.6. The van der Waals surface area contributed by atoms with Gasteiger partial charge in [-0.1, -0.05) is 29.3 Å². The molecule has 0 aliphatic carbocycles. The first kappa shape index (κ1) is 36.2. The first-order valence-corrected chi connectivity index (χ1v) is 18.4. The third-order valence-electron chi connectivity index (χ3n) is 9.59. The van der Waals surface area contributed by atoms with Crippen molar-refractivity contribution in [2.75, 3.05) is 55.1 Å². The molecular formula is C36H41Cl2N11O4. The van der Waals surface area contributed by atoms with Crippen LogP contribution in [0.15, 0.2) is 51.1 Å². The second kappa shape index (κ2) is 15.4. The zero-order valence-electron chi connectivity index (χ0n) is 30.1. The average molecular weight is 763 g/mol. The van der Waals surface area contributed by atoms with Crippen LogP contribution in [-0.2, 0) is 20.6 Å². The van der Waals surface area contributed by atoms with Gasteiger partial charge in [0, 0.05) is 57.4 Å². The third-order valence-corrected chi connectivity index (χ3v) is 10.2. The van der Waals surface area contributed by atoms with Gasteiger partial charge in [0.15, 0.2) is 22.7 Å². The minimum Gasteiger partial charge on any atom is -0.493 e. The second-order valence-corrected chi connectivity index (χ2v) is 14.0. The Morgan fingerprint density at radius 2 is 1.49 bits per heavy atom. The van der Waals surface area contributed by atoms with Crippen molar-refractivity contribution in [1.29, 1.82) is 0 Å². The van der Waals surface area contributed by atoms with Crippen molar-refractivity contribution in [2.45, 2.75) is 45.1 Å². The lowest BCUT2D eigenvalue weighted by molar-refractivity contribution is 0.361. The normalized spacial score (nSPS) is 15.1. The number of piperidine rings is 2. The summed E-state index contributed by atoms with van der Waals surface area (Å²) in [5, 5.41) is 7.20. The molecule has 0 spiro atoms. The molecule has 53 heavy (non-hydrogen) atoms. The second-order valence-electron chi connectivity index (χ2n) is 13.2. The summed E-state index contributed by atoms with van der Waals surface area (Å²) < 4.78 is 16.0. The van der Waals surface area contributed by atoms with Crippen molar-refractivity contribution < 1.29 is 9.47 Å². The molecule has 2 aliphatic rings. The first-order chi connectivity index (χ1) is 25.6. The summed E-state index contributed by atoms with van der Waals surface area (Å²) in [5.74, 6) is 2.55. The molecule has 2 aromatic carbocycles. The van der Waals surface area contributed by atoms with E-state index in [0.29, 0.717) is 45.0 Å². The average Bonchev–Trinajstić information content (AvgIpc) is 3.54. The monoisotopic (exact) mass is 761 g/mol. The number of rotatable bonds is 10.